The van der Waals surface area contributed by atoms with E-state index < -0.39 is 0 Å². The van der Waals surface area contributed by atoms with Gasteiger partial charge in [-0.05, 0) is 30.2 Å². The van der Waals surface area contributed by atoms with Crippen molar-refractivity contribution in [3.63, 3.8) is 0 Å². The van der Waals surface area contributed by atoms with E-state index >= 15 is 0 Å². The lowest BCUT2D eigenvalue weighted by Gasteiger charge is -2.13. The van der Waals surface area contributed by atoms with Gasteiger partial charge in [0.15, 0.2) is 0 Å². The first-order valence-electron chi connectivity index (χ1n) is 9.92. The van der Waals surface area contributed by atoms with Crippen LogP contribution < -0.4 is 10.6 Å². The number of benzene rings is 1. The topological polar surface area (TPSA) is 98.1 Å². The van der Waals surface area contributed by atoms with Crippen LogP contribution >= 0.6 is 0 Å². The van der Waals surface area contributed by atoms with Crippen LogP contribution in [-0.4, -0.2) is 46.6 Å². The molecule has 0 saturated carbocycles. The van der Waals surface area contributed by atoms with Crippen molar-refractivity contribution in [1.29, 1.82) is 0 Å². The number of rotatable bonds is 8. The van der Waals surface area contributed by atoms with Crippen molar-refractivity contribution in [3.05, 3.63) is 42.2 Å². The summed E-state index contributed by atoms with van der Waals surface area (Å²) >= 11 is 0. The van der Waals surface area contributed by atoms with Gasteiger partial charge < -0.3 is 19.9 Å². The van der Waals surface area contributed by atoms with Crippen molar-refractivity contribution in [3.8, 4) is 11.4 Å². The number of amides is 2. The number of aryl methyl sites for hydroxylation is 1. The zero-order chi connectivity index (χ0) is 21.7. The molecular weight excluding hydrogens is 382 g/mol. The molecule has 30 heavy (non-hydrogen) atoms. The molecule has 2 amide bonds. The Morgan fingerprint density at radius 1 is 1.23 bits per heavy atom. The van der Waals surface area contributed by atoms with Gasteiger partial charge in [-0.3, -0.25) is 14.6 Å². The zero-order valence-electron chi connectivity index (χ0n) is 17.7. The van der Waals surface area contributed by atoms with E-state index in [1.165, 1.54) is 7.11 Å². The van der Waals surface area contributed by atoms with E-state index in [1.807, 2.05) is 23.7 Å². The molecular formula is C22H27N5O3. The van der Waals surface area contributed by atoms with Crippen molar-refractivity contribution in [2.45, 2.75) is 20.3 Å². The van der Waals surface area contributed by atoms with Crippen molar-refractivity contribution < 1.29 is 14.3 Å². The Kier molecular flexibility index (Phi) is 6.79. The van der Waals surface area contributed by atoms with Crippen LogP contribution in [0.15, 0.2) is 36.7 Å². The minimum atomic E-state index is -0.298. The molecule has 0 spiro atoms. The van der Waals surface area contributed by atoms with E-state index in [0.717, 1.165) is 12.0 Å². The van der Waals surface area contributed by atoms with E-state index in [1.54, 1.807) is 24.5 Å². The maximum Gasteiger partial charge on any atom is 0.253 e. The fourth-order valence-corrected chi connectivity index (χ4v) is 3.19. The first-order valence-corrected chi connectivity index (χ1v) is 9.92. The number of ether oxygens (including phenoxy) is 1. The Balaban J connectivity index is 2.08. The molecule has 0 bridgehead atoms. The van der Waals surface area contributed by atoms with Gasteiger partial charge in [0.1, 0.15) is 12.4 Å². The second-order valence-electron chi connectivity index (χ2n) is 7.33. The monoisotopic (exact) mass is 409 g/mol. The van der Waals surface area contributed by atoms with Gasteiger partial charge in [-0.1, -0.05) is 20.3 Å². The third-order valence-electron chi connectivity index (χ3n) is 5.02. The fraction of sp³-hybridized carbons (Fsp3) is 0.364. The number of anilines is 1. The first-order chi connectivity index (χ1) is 14.4. The average Bonchev–Trinajstić information content (AvgIpc) is 3.08. The molecule has 2 heterocycles. The van der Waals surface area contributed by atoms with Crippen molar-refractivity contribution in [2.75, 3.05) is 25.6 Å². The van der Waals surface area contributed by atoms with Gasteiger partial charge >= 0.3 is 0 Å². The van der Waals surface area contributed by atoms with E-state index in [9.17, 15) is 9.59 Å². The highest BCUT2D eigenvalue weighted by atomic mass is 16.5. The molecule has 0 saturated heterocycles. The van der Waals surface area contributed by atoms with Gasteiger partial charge in [0.2, 0.25) is 5.91 Å². The smallest absolute Gasteiger partial charge is 0.253 e. The van der Waals surface area contributed by atoms with Gasteiger partial charge in [0.25, 0.3) is 5.91 Å². The molecule has 3 rings (SSSR count). The van der Waals surface area contributed by atoms with E-state index in [-0.39, 0.29) is 18.4 Å². The summed E-state index contributed by atoms with van der Waals surface area (Å²) in [6, 6.07) is 7.18. The summed E-state index contributed by atoms with van der Waals surface area (Å²) in [5, 5.41) is 5.77. The zero-order valence-corrected chi connectivity index (χ0v) is 17.7. The summed E-state index contributed by atoms with van der Waals surface area (Å²) in [6.07, 6.45) is 4.37. The van der Waals surface area contributed by atoms with Crippen LogP contribution in [0.4, 0.5) is 5.69 Å². The number of pyridine rings is 1. The van der Waals surface area contributed by atoms with Gasteiger partial charge in [0.05, 0.1) is 16.6 Å². The van der Waals surface area contributed by atoms with Crippen LogP contribution in [0.25, 0.3) is 22.4 Å². The van der Waals surface area contributed by atoms with Crippen LogP contribution in [0.2, 0.25) is 0 Å². The van der Waals surface area contributed by atoms with Crippen molar-refractivity contribution in [1.82, 2.24) is 19.9 Å². The molecule has 158 valence electrons. The summed E-state index contributed by atoms with van der Waals surface area (Å²) < 4.78 is 6.77. The maximum atomic E-state index is 13.0. The maximum absolute atomic E-state index is 13.0. The molecule has 2 aromatic heterocycles. The van der Waals surface area contributed by atoms with E-state index in [4.69, 9.17) is 9.72 Å². The molecule has 3 aromatic rings. The molecule has 0 aliphatic rings. The van der Waals surface area contributed by atoms with Crippen molar-refractivity contribution >= 4 is 28.5 Å². The lowest BCUT2D eigenvalue weighted by molar-refractivity contribution is -0.119. The van der Waals surface area contributed by atoms with Crippen LogP contribution in [0.5, 0.6) is 0 Å². The third-order valence-corrected chi connectivity index (χ3v) is 5.02. The molecule has 0 aliphatic heterocycles. The Labute approximate surface area is 175 Å². The Bertz CT molecular complexity index is 1050. The van der Waals surface area contributed by atoms with E-state index in [2.05, 4.69) is 29.5 Å². The molecule has 0 fully saturated rings. The lowest BCUT2D eigenvalue weighted by atomic mass is 10.1. The largest absolute Gasteiger partial charge is 0.375 e. The van der Waals surface area contributed by atoms with Crippen molar-refractivity contribution in [2.24, 2.45) is 13.0 Å². The van der Waals surface area contributed by atoms with Gasteiger partial charge in [-0.15, -0.1) is 0 Å². The van der Waals surface area contributed by atoms with Gasteiger partial charge in [0, 0.05) is 44.3 Å². The highest BCUT2D eigenvalue weighted by Crippen LogP contribution is 2.29. The predicted molar refractivity (Wildman–Crippen MR) is 116 cm³/mol. The number of nitrogens with zero attached hydrogens (tertiary/aromatic N) is 3. The number of hydrogen-bond donors (Lipinski definition) is 2. The lowest BCUT2D eigenvalue weighted by Crippen LogP contribution is -2.28. The predicted octanol–water partition coefficient (Wildman–Crippen LogP) is 3.00. The average molecular weight is 409 g/mol. The number of carbonyl (C=O) groups excluding carboxylic acids is 2. The number of aromatic nitrogens is 3. The molecule has 8 nitrogen and oxygen atoms in total. The third kappa shape index (κ3) is 4.65. The molecule has 2 N–H and O–H groups in total. The SMILES string of the molecule is CCC(C)CNC(=O)c1cc(NC(=O)COC)cc2nc(-c3ccncc3)n(C)c12. The standard InChI is InChI=1S/C22H27N5O3/c1-5-14(2)12-24-22(29)17-10-16(25-19(28)13-30-4)11-18-20(17)27(3)21(26-18)15-6-8-23-9-7-15/h6-11,14H,5,12-13H2,1-4H3,(H,24,29)(H,25,28). The number of methoxy groups -OCH3 is 1. The highest BCUT2D eigenvalue weighted by Gasteiger charge is 2.20. The van der Waals surface area contributed by atoms with Crippen LogP contribution in [0, 0.1) is 5.92 Å². The quantitative estimate of drug-likeness (QED) is 0.596. The van der Waals surface area contributed by atoms with Gasteiger partial charge in [-0.25, -0.2) is 4.98 Å². The first kappa shape index (κ1) is 21.4. The van der Waals surface area contributed by atoms with Gasteiger partial charge in [-0.2, -0.15) is 0 Å². The number of carbonyl (C=O) groups is 2. The number of hydrogen-bond acceptors (Lipinski definition) is 5. The summed E-state index contributed by atoms with van der Waals surface area (Å²) in [7, 11) is 3.33. The number of fused-ring (bicyclic) bond motifs is 1. The van der Waals surface area contributed by atoms with Crippen LogP contribution in [0.1, 0.15) is 30.6 Å². The summed E-state index contributed by atoms with van der Waals surface area (Å²) in [5.74, 6) is 0.581. The molecule has 0 radical (unpaired) electrons. The Hall–Kier alpha value is -3.26. The molecule has 0 aliphatic carbocycles. The molecule has 8 heteroatoms. The number of nitrogens with one attached hydrogen (secondary N) is 2. The summed E-state index contributed by atoms with van der Waals surface area (Å²) in [4.78, 5) is 33.8. The summed E-state index contributed by atoms with van der Waals surface area (Å²) in [5.41, 5.74) is 3.16. The fourth-order valence-electron chi connectivity index (χ4n) is 3.19. The highest BCUT2D eigenvalue weighted by molar-refractivity contribution is 6.08. The minimum absolute atomic E-state index is 0.0714. The normalized spacial score (nSPS) is 12.0. The second kappa shape index (κ2) is 9.49. The molecule has 1 atom stereocenters. The molecule has 1 unspecified atom stereocenters. The van der Waals surface area contributed by atoms with E-state index in [0.29, 0.717) is 40.6 Å². The Morgan fingerprint density at radius 2 is 1.97 bits per heavy atom. The Morgan fingerprint density at radius 3 is 2.63 bits per heavy atom. The number of imidazole rings is 1. The molecule has 1 aromatic carbocycles. The van der Waals surface area contributed by atoms with Crippen LogP contribution in [-0.2, 0) is 16.6 Å². The second-order valence-corrected chi connectivity index (χ2v) is 7.33. The minimum Gasteiger partial charge on any atom is -0.375 e. The summed E-state index contributed by atoms with van der Waals surface area (Å²) in [6.45, 7) is 4.68. The van der Waals surface area contributed by atoms with Crippen LogP contribution in [0.3, 0.4) is 0 Å².